The number of amides is 3. The molecule has 8 nitrogen and oxygen atoms in total. The molecule has 31 heavy (non-hydrogen) atoms. The van der Waals surface area contributed by atoms with E-state index in [9.17, 15) is 18.8 Å². The van der Waals surface area contributed by atoms with Gasteiger partial charge in [-0.3, -0.25) is 24.2 Å². The maximum Gasteiger partial charge on any atom is 0.265 e. The molecule has 162 valence electrons. The van der Waals surface area contributed by atoms with Gasteiger partial charge in [0, 0.05) is 31.9 Å². The fourth-order valence-corrected chi connectivity index (χ4v) is 3.65. The van der Waals surface area contributed by atoms with Crippen molar-refractivity contribution < 1.29 is 23.5 Å². The van der Waals surface area contributed by atoms with Crippen molar-refractivity contribution in [3.8, 4) is 5.75 Å². The van der Waals surface area contributed by atoms with Crippen LogP contribution in [0.1, 0.15) is 0 Å². The summed E-state index contributed by atoms with van der Waals surface area (Å²) in [7, 11) is 0. The van der Waals surface area contributed by atoms with Crippen LogP contribution in [-0.2, 0) is 14.4 Å². The number of piperazine rings is 1. The maximum atomic E-state index is 13.0. The summed E-state index contributed by atoms with van der Waals surface area (Å²) in [5.74, 6) is -0.349. The highest BCUT2D eigenvalue weighted by molar-refractivity contribution is 6.02. The minimum atomic E-state index is -0.360. The Balaban J connectivity index is 1.27. The number of hydrogen-bond donors (Lipinski definition) is 1. The quantitative estimate of drug-likeness (QED) is 0.780. The fourth-order valence-electron chi connectivity index (χ4n) is 3.65. The van der Waals surface area contributed by atoms with E-state index in [-0.39, 0.29) is 43.2 Å². The van der Waals surface area contributed by atoms with Crippen molar-refractivity contribution in [2.45, 2.75) is 0 Å². The summed E-state index contributed by atoms with van der Waals surface area (Å²) >= 11 is 0. The second-order valence-corrected chi connectivity index (χ2v) is 7.45. The minimum absolute atomic E-state index is 0.0374. The number of ether oxygens (including phenoxy) is 1. The van der Waals surface area contributed by atoms with Gasteiger partial charge in [-0.15, -0.1) is 0 Å². The van der Waals surface area contributed by atoms with Gasteiger partial charge in [0.2, 0.25) is 11.8 Å². The molecule has 1 N–H and O–H groups in total. The number of rotatable bonds is 5. The Hall–Kier alpha value is -3.46. The minimum Gasteiger partial charge on any atom is -0.482 e. The second kappa shape index (κ2) is 9.13. The highest BCUT2D eigenvalue weighted by Gasteiger charge is 2.30. The lowest BCUT2D eigenvalue weighted by Crippen LogP contribution is -2.53. The third-order valence-corrected chi connectivity index (χ3v) is 5.32. The summed E-state index contributed by atoms with van der Waals surface area (Å²) in [4.78, 5) is 42.4. The number of carbonyl (C=O) groups excluding carboxylic acids is 3. The van der Waals surface area contributed by atoms with Crippen molar-refractivity contribution in [2.75, 3.05) is 56.1 Å². The molecule has 2 aromatic carbocycles. The molecule has 0 spiro atoms. The predicted octanol–water partition coefficient (Wildman–Crippen LogP) is 1.33. The van der Waals surface area contributed by atoms with E-state index in [0.29, 0.717) is 43.3 Å². The lowest BCUT2D eigenvalue weighted by atomic mass is 10.2. The Bertz CT molecular complexity index is 974. The zero-order chi connectivity index (χ0) is 21.8. The van der Waals surface area contributed by atoms with Gasteiger partial charge in [-0.25, -0.2) is 4.39 Å². The van der Waals surface area contributed by atoms with E-state index in [2.05, 4.69) is 5.32 Å². The van der Waals surface area contributed by atoms with Gasteiger partial charge in [0.25, 0.3) is 5.91 Å². The zero-order valence-electron chi connectivity index (χ0n) is 16.9. The van der Waals surface area contributed by atoms with Crippen LogP contribution in [0.25, 0.3) is 0 Å². The van der Waals surface area contributed by atoms with Gasteiger partial charge in [-0.2, -0.15) is 0 Å². The molecular weight excluding hydrogens is 403 g/mol. The number of halogens is 1. The molecule has 2 aliphatic heterocycles. The van der Waals surface area contributed by atoms with Gasteiger partial charge >= 0.3 is 0 Å². The number of fused-ring (bicyclic) bond motifs is 1. The normalized spacial score (nSPS) is 16.5. The first-order chi connectivity index (χ1) is 15.0. The first-order valence-electron chi connectivity index (χ1n) is 10.1. The highest BCUT2D eigenvalue weighted by atomic mass is 19.1. The van der Waals surface area contributed by atoms with Crippen LogP contribution in [0, 0.1) is 5.82 Å². The van der Waals surface area contributed by atoms with E-state index in [1.165, 1.54) is 29.2 Å². The molecule has 4 rings (SSSR count). The number of para-hydroxylation sites is 2. The smallest absolute Gasteiger partial charge is 0.265 e. The standard InChI is InChI=1S/C22H23FN4O4/c23-16-5-7-17(8-6-16)24-20(28)13-25-9-11-26(12-10-25)21(29)14-27-18-3-1-2-4-19(18)31-15-22(27)30/h1-8H,9-15H2,(H,24,28). The first kappa shape index (κ1) is 20.8. The summed E-state index contributed by atoms with van der Waals surface area (Å²) in [5.41, 5.74) is 1.14. The molecule has 0 radical (unpaired) electrons. The topological polar surface area (TPSA) is 82.2 Å². The third-order valence-electron chi connectivity index (χ3n) is 5.32. The number of hydrogen-bond acceptors (Lipinski definition) is 5. The van der Waals surface area contributed by atoms with Crippen molar-refractivity contribution in [1.82, 2.24) is 9.80 Å². The Kier molecular flexibility index (Phi) is 6.13. The van der Waals surface area contributed by atoms with Crippen molar-refractivity contribution in [2.24, 2.45) is 0 Å². The van der Waals surface area contributed by atoms with Crippen LogP contribution >= 0.6 is 0 Å². The number of benzene rings is 2. The Morgan fingerprint density at radius 3 is 2.42 bits per heavy atom. The van der Waals surface area contributed by atoms with Gasteiger partial charge in [0.15, 0.2) is 6.61 Å². The average molecular weight is 426 g/mol. The van der Waals surface area contributed by atoms with E-state index < -0.39 is 0 Å². The third kappa shape index (κ3) is 5.00. The lowest BCUT2D eigenvalue weighted by molar-refractivity contribution is -0.133. The van der Waals surface area contributed by atoms with Gasteiger partial charge < -0.3 is 15.0 Å². The van der Waals surface area contributed by atoms with Gasteiger partial charge in [-0.1, -0.05) is 12.1 Å². The molecule has 0 aromatic heterocycles. The molecule has 3 amide bonds. The average Bonchev–Trinajstić information content (AvgIpc) is 2.77. The number of nitrogens with zero attached hydrogens (tertiary/aromatic N) is 3. The van der Waals surface area contributed by atoms with Crippen LogP contribution < -0.4 is 15.0 Å². The molecule has 1 fully saturated rings. The van der Waals surface area contributed by atoms with Crippen LogP contribution in [0.3, 0.4) is 0 Å². The summed E-state index contributed by atoms with van der Waals surface area (Å²) in [6.07, 6.45) is 0. The van der Waals surface area contributed by atoms with Gasteiger partial charge in [0.1, 0.15) is 18.1 Å². The molecule has 0 bridgehead atoms. The van der Waals surface area contributed by atoms with Gasteiger partial charge in [0.05, 0.1) is 12.2 Å². The van der Waals surface area contributed by atoms with E-state index >= 15 is 0 Å². The molecule has 2 aromatic rings. The lowest BCUT2D eigenvalue weighted by Gasteiger charge is -2.36. The zero-order valence-corrected chi connectivity index (χ0v) is 16.9. The molecule has 0 saturated carbocycles. The van der Waals surface area contributed by atoms with Crippen molar-refractivity contribution in [1.29, 1.82) is 0 Å². The molecule has 2 aliphatic rings. The van der Waals surface area contributed by atoms with E-state index in [0.717, 1.165) is 0 Å². The molecule has 9 heteroatoms. The van der Waals surface area contributed by atoms with Crippen molar-refractivity contribution in [3.05, 3.63) is 54.3 Å². The van der Waals surface area contributed by atoms with Crippen molar-refractivity contribution in [3.63, 3.8) is 0 Å². The fraction of sp³-hybridized carbons (Fsp3) is 0.318. The number of nitrogens with one attached hydrogen (secondary N) is 1. The maximum absolute atomic E-state index is 13.0. The summed E-state index contributed by atoms with van der Waals surface area (Å²) < 4.78 is 18.4. The van der Waals surface area contributed by atoms with Crippen LogP contribution in [0.2, 0.25) is 0 Å². The monoisotopic (exact) mass is 426 g/mol. The Morgan fingerprint density at radius 2 is 1.68 bits per heavy atom. The molecule has 0 atom stereocenters. The van der Waals surface area contributed by atoms with E-state index in [4.69, 9.17) is 4.74 Å². The number of carbonyl (C=O) groups is 3. The van der Waals surface area contributed by atoms with Crippen LogP contribution in [0.5, 0.6) is 5.75 Å². The highest BCUT2D eigenvalue weighted by Crippen LogP contribution is 2.31. The Labute approximate surface area is 179 Å². The molecule has 0 unspecified atom stereocenters. The summed E-state index contributed by atoms with van der Waals surface area (Å²) in [6, 6.07) is 12.7. The molecule has 1 saturated heterocycles. The summed E-state index contributed by atoms with van der Waals surface area (Å²) in [5, 5.41) is 2.74. The van der Waals surface area contributed by atoms with Crippen molar-refractivity contribution >= 4 is 29.1 Å². The predicted molar refractivity (Wildman–Crippen MR) is 112 cm³/mol. The molecule has 2 heterocycles. The summed E-state index contributed by atoms with van der Waals surface area (Å²) in [6.45, 7) is 2.12. The van der Waals surface area contributed by atoms with Crippen LogP contribution in [0.15, 0.2) is 48.5 Å². The van der Waals surface area contributed by atoms with Gasteiger partial charge in [-0.05, 0) is 36.4 Å². The van der Waals surface area contributed by atoms with E-state index in [1.54, 1.807) is 23.1 Å². The SMILES string of the molecule is O=C(CN1CCN(C(=O)CN2C(=O)COc3ccccc32)CC1)Nc1ccc(F)cc1. The second-order valence-electron chi connectivity index (χ2n) is 7.45. The van der Waals surface area contributed by atoms with Crippen LogP contribution in [0.4, 0.5) is 15.8 Å². The molecule has 0 aliphatic carbocycles. The largest absolute Gasteiger partial charge is 0.482 e. The van der Waals surface area contributed by atoms with Crippen LogP contribution in [-0.4, -0.2) is 73.4 Å². The first-order valence-corrected chi connectivity index (χ1v) is 10.1. The molecular formula is C22H23FN4O4. The Morgan fingerprint density at radius 1 is 0.968 bits per heavy atom. The van der Waals surface area contributed by atoms with E-state index in [1.807, 2.05) is 11.0 Å². The number of anilines is 2.